The van der Waals surface area contributed by atoms with E-state index >= 15 is 0 Å². The molecule has 1 aromatic carbocycles. The second kappa shape index (κ2) is 6.48. The van der Waals surface area contributed by atoms with E-state index in [2.05, 4.69) is 56.3 Å². The minimum Gasteiger partial charge on any atom is -0.388 e. The number of fused-ring (bicyclic) bond motifs is 5. The first kappa shape index (κ1) is 18.0. The molecule has 4 aliphatic carbocycles. The van der Waals surface area contributed by atoms with Crippen LogP contribution in [-0.2, 0) is 0 Å². The van der Waals surface area contributed by atoms with Crippen molar-refractivity contribution < 1.29 is 5.11 Å². The summed E-state index contributed by atoms with van der Waals surface area (Å²) in [6.45, 7) is 5.11. The summed E-state index contributed by atoms with van der Waals surface area (Å²) in [5.41, 5.74) is 1.88. The Morgan fingerprint density at radius 2 is 1.74 bits per heavy atom. The predicted octanol–water partition coefficient (Wildman–Crippen LogP) is 6.55. The van der Waals surface area contributed by atoms with E-state index in [0.717, 1.165) is 29.2 Å². The number of aliphatic hydroxyl groups excluding tert-OH is 1. The molecule has 0 saturated heterocycles. The number of hydrogen-bond donors (Lipinski definition) is 1. The van der Waals surface area contributed by atoms with Crippen LogP contribution in [0.5, 0.6) is 0 Å². The maximum atomic E-state index is 11.2. The summed E-state index contributed by atoms with van der Waals surface area (Å²) >= 11 is 0. The molecule has 3 saturated carbocycles. The molecule has 1 nitrogen and oxygen atoms in total. The molecule has 1 heteroatoms. The highest BCUT2D eigenvalue weighted by atomic mass is 16.3. The van der Waals surface area contributed by atoms with Gasteiger partial charge in [0.1, 0.15) is 0 Å². The number of rotatable bonds is 2. The van der Waals surface area contributed by atoms with E-state index in [4.69, 9.17) is 0 Å². The summed E-state index contributed by atoms with van der Waals surface area (Å²) in [7, 11) is 0. The smallest absolute Gasteiger partial charge is 0.0823 e. The molecule has 1 aromatic rings. The van der Waals surface area contributed by atoms with Crippen LogP contribution in [0.2, 0.25) is 0 Å². The Balaban J connectivity index is 1.43. The van der Waals surface area contributed by atoms with Crippen LogP contribution in [0.15, 0.2) is 42.5 Å². The zero-order chi connectivity index (χ0) is 18.6. The zero-order valence-electron chi connectivity index (χ0n) is 17.1. The van der Waals surface area contributed by atoms with Crippen LogP contribution in [0.1, 0.15) is 76.9 Å². The second-order valence-electron chi connectivity index (χ2n) is 10.6. The van der Waals surface area contributed by atoms with Crippen molar-refractivity contribution in [3.8, 4) is 0 Å². The molecule has 3 fully saturated rings. The average Bonchev–Trinajstić information content (AvgIpc) is 3.05. The summed E-state index contributed by atoms with van der Waals surface area (Å²) in [5, 5.41) is 11.2. The van der Waals surface area contributed by atoms with Crippen LogP contribution >= 0.6 is 0 Å². The lowest BCUT2D eigenvalue weighted by atomic mass is 9.46. The molecule has 8 atom stereocenters. The predicted molar refractivity (Wildman–Crippen MR) is 111 cm³/mol. The monoisotopic (exact) mass is 364 g/mol. The Labute approximate surface area is 165 Å². The lowest BCUT2D eigenvalue weighted by Crippen LogP contribution is -2.52. The molecule has 0 radical (unpaired) electrons. The third-order valence-corrected chi connectivity index (χ3v) is 9.72. The summed E-state index contributed by atoms with van der Waals surface area (Å²) in [6.07, 6.45) is 15.6. The van der Waals surface area contributed by atoms with Gasteiger partial charge in [0.05, 0.1) is 6.10 Å². The van der Waals surface area contributed by atoms with Crippen molar-refractivity contribution in [1.82, 2.24) is 0 Å². The quantitative estimate of drug-likeness (QED) is 0.590. The molecule has 4 aliphatic rings. The highest BCUT2D eigenvalue weighted by Crippen LogP contribution is 2.67. The van der Waals surface area contributed by atoms with Gasteiger partial charge in [0.15, 0.2) is 0 Å². The summed E-state index contributed by atoms with van der Waals surface area (Å²) < 4.78 is 0. The van der Waals surface area contributed by atoms with Crippen molar-refractivity contribution in [2.75, 3.05) is 0 Å². The van der Waals surface area contributed by atoms with Crippen molar-refractivity contribution in [2.24, 2.45) is 40.4 Å². The van der Waals surface area contributed by atoms with Crippen molar-refractivity contribution in [2.45, 2.75) is 71.3 Å². The number of allylic oxidation sites excluding steroid dienone is 2. The SMILES string of the molecule is C[C@]12C=CCCC1CC[C@@H]1[C@H]2CC[C@]2(C)C(C(O)c3ccccc3)CC[C@@H]12. The van der Waals surface area contributed by atoms with Gasteiger partial charge >= 0.3 is 0 Å². The average molecular weight is 365 g/mol. The lowest BCUT2D eigenvalue weighted by molar-refractivity contribution is -0.0939. The fraction of sp³-hybridized carbons (Fsp3) is 0.692. The highest BCUT2D eigenvalue weighted by Gasteiger charge is 2.60. The third kappa shape index (κ3) is 2.60. The molecule has 0 spiro atoms. The van der Waals surface area contributed by atoms with Crippen molar-refractivity contribution >= 4 is 0 Å². The van der Waals surface area contributed by atoms with E-state index in [1.54, 1.807) is 0 Å². The van der Waals surface area contributed by atoms with Crippen molar-refractivity contribution in [1.29, 1.82) is 0 Å². The van der Waals surface area contributed by atoms with Crippen molar-refractivity contribution in [3.63, 3.8) is 0 Å². The Morgan fingerprint density at radius 3 is 2.56 bits per heavy atom. The van der Waals surface area contributed by atoms with Crippen LogP contribution in [0, 0.1) is 40.4 Å². The maximum Gasteiger partial charge on any atom is 0.0823 e. The van der Waals surface area contributed by atoms with E-state index in [1.807, 2.05) is 0 Å². The van der Waals surface area contributed by atoms with E-state index in [9.17, 15) is 5.11 Å². The number of hydrogen-bond acceptors (Lipinski definition) is 1. The summed E-state index contributed by atoms with van der Waals surface area (Å²) in [4.78, 5) is 0. The first-order chi connectivity index (χ1) is 13.0. The van der Waals surface area contributed by atoms with Crippen LogP contribution in [0.3, 0.4) is 0 Å². The minimum absolute atomic E-state index is 0.292. The topological polar surface area (TPSA) is 20.2 Å². The third-order valence-electron chi connectivity index (χ3n) is 9.72. The number of aliphatic hydroxyl groups is 1. The van der Waals surface area contributed by atoms with Gasteiger partial charge in [-0.3, -0.25) is 0 Å². The van der Waals surface area contributed by atoms with Gasteiger partial charge in [0, 0.05) is 0 Å². The molecular formula is C26H36O. The molecule has 5 rings (SSSR count). The van der Waals surface area contributed by atoms with Gasteiger partial charge in [0.25, 0.3) is 0 Å². The summed E-state index contributed by atoms with van der Waals surface area (Å²) in [5.74, 6) is 3.91. The van der Waals surface area contributed by atoms with Crippen LogP contribution < -0.4 is 0 Å². The Morgan fingerprint density at radius 1 is 0.926 bits per heavy atom. The van der Waals surface area contributed by atoms with E-state index in [0.29, 0.717) is 16.7 Å². The molecule has 1 N–H and O–H groups in total. The van der Waals surface area contributed by atoms with E-state index < -0.39 is 0 Å². The van der Waals surface area contributed by atoms with Gasteiger partial charge in [0.2, 0.25) is 0 Å². The molecule has 0 aliphatic heterocycles. The highest BCUT2D eigenvalue weighted by molar-refractivity contribution is 5.21. The molecule has 0 aromatic heterocycles. The van der Waals surface area contributed by atoms with Gasteiger partial charge in [-0.2, -0.15) is 0 Å². The first-order valence-electron chi connectivity index (χ1n) is 11.4. The lowest BCUT2D eigenvalue weighted by Gasteiger charge is -2.59. The Kier molecular flexibility index (Phi) is 4.31. The first-order valence-corrected chi connectivity index (χ1v) is 11.4. The van der Waals surface area contributed by atoms with Gasteiger partial charge in [-0.15, -0.1) is 0 Å². The van der Waals surface area contributed by atoms with Crippen LogP contribution in [-0.4, -0.2) is 5.11 Å². The van der Waals surface area contributed by atoms with Gasteiger partial charge < -0.3 is 5.11 Å². The number of benzene rings is 1. The van der Waals surface area contributed by atoms with Gasteiger partial charge in [-0.05, 0) is 97.3 Å². The Hall–Kier alpha value is -1.08. The van der Waals surface area contributed by atoms with Crippen LogP contribution in [0.25, 0.3) is 0 Å². The van der Waals surface area contributed by atoms with Crippen LogP contribution in [0.4, 0.5) is 0 Å². The van der Waals surface area contributed by atoms with Gasteiger partial charge in [-0.25, -0.2) is 0 Å². The summed E-state index contributed by atoms with van der Waals surface area (Å²) in [6, 6.07) is 10.4. The second-order valence-corrected chi connectivity index (χ2v) is 10.6. The Bertz CT molecular complexity index is 708. The molecule has 0 heterocycles. The van der Waals surface area contributed by atoms with E-state index in [-0.39, 0.29) is 6.10 Å². The maximum absolute atomic E-state index is 11.2. The zero-order valence-corrected chi connectivity index (χ0v) is 17.1. The molecule has 0 amide bonds. The van der Waals surface area contributed by atoms with E-state index in [1.165, 1.54) is 51.4 Å². The van der Waals surface area contributed by atoms with Crippen molar-refractivity contribution in [3.05, 3.63) is 48.0 Å². The molecule has 146 valence electrons. The molecular weight excluding hydrogens is 328 g/mol. The fourth-order valence-corrected chi connectivity index (χ4v) is 8.26. The molecule has 3 unspecified atom stereocenters. The minimum atomic E-state index is -0.292. The fourth-order valence-electron chi connectivity index (χ4n) is 8.26. The molecule has 27 heavy (non-hydrogen) atoms. The normalized spacial score (nSPS) is 47.0. The molecule has 0 bridgehead atoms. The standard InChI is InChI=1S/C26H36O/c1-25-16-7-6-10-19(25)11-12-20-21-13-14-23(26(21,2)17-15-22(20)25)24(27)18-8-4-3-5-9-18/h3-5,7-9,16,19-24,27H,6,10-15,17H2,1-2H3/t19?,20-,21-,22+,23?,24?,25-,26-/m0/s1. The largest absolute Gasteiger partial charge is 0.388 e. The van der Waals surface area contributed by atoms with Gasteiger partial charge in [-0.1, -0.05) is 56.3 Å².